The topological polar surface area (TPSA) is 75.3 Å². The van der Waals surface area contributed by atoms with E-state index in [1.807, 2.05) is 6.92 Å². The highest BCUT2D eigenvalue weighted by atomic mass is 35.5. The molecular formula is C17H27ClN2O3S3. The number of rotatable bonds is 14. The number of alkyl halides is 1. The Hall–Kier alpha value is -0.410. The average molecular weight is 439 g/mol. The van der Waals surface area contributed by atoms with Crippen molar-refractivity contribution in [2.75, 3.05) is 42.0 Å². The molecule has 0 unspecified atom stereocenters. The molecule has 0 fully saturated rings. The Labute approximate surface area is 170 Å². The lowest BCUT2D eigenvalue weighted by molar-refractivity contribution is -0.118. The van der Waals surface area contributed by atoms with Gasteiger partial charge in [0.2, 0.25) is 15.9 Å². The van der Waals surface area contributed by atoms with Crippen molar-refractivity contribution in [1.82, 2.24) is 10.0 Å². The lowest BCUT2D eigenvalue weighted by atomic mass is 10.2. The standard InChI is InChI=1S/C17H27ClN2O3S3/c1-15-4-6-16(7-5-15)26(22,23)20-10-13-24-12-3-9-19-17(21)14-25-11-2-8-18/h4-7,20H,2-3,8-14H2,1H3,(H,19,21). The van der Waals surface area contributed by atoms with E-state index in [1.54, 1.807) is 47.8 Å². The van der Waals surface area contributed by atoms with Gasteiger partial charge in [0.1, 0.15) is 0 Å². The van der Waals surface area contributed by atoms with Crippen molar-refractivity contribution in [1.29, 1.82) is 0 Å². The molecule has 26 heavy (non-hydrogen) atoms. The lowest BCUT2D eigenvalue weighted by Crippen LogP contribution is -2.27. The van der Waals surface area contributed by atoms with E-state index in [0.29, 0.717) is 35.4 Å². The Kier molecular flexibility index (Phi) is 12.5. The van der Waals surface area contributed by atoms with Crippen LogP contribution in [0.3, 0.4) is 0 Å². The summed E-state index contributed by atoms with van der Waals surface area (Å²) in [5.74, 6) is 3.66. The van der Waals surface area contributed by atoms with E-state index in [1.165, 1.54) is 0 Å². The van der Waals surface area contributed by atoms with Gasteiger partial charge in [0, 0.05) is 24.7 Å². The Balaban J connectivity index is 2.03. The Morgan fingerprint density at radius 2 is 1.73 bits per heavy atom. The second-order valence-electron chi connectivity index (χ2n) is 5.62. The lowest BCUT2D eigenvalue weighted by Gasteiger charge is -2.07. The fraction of sp³-hybridized carbons (Fsp3) is 0.588. The van der Waals surface area contributed by atoms with E-state index < -0.39 is 10.0 Å². The molecule has 0 aromatic heterocycles. The number of halogens is 1. The largest absolute Gasteiger partial charge is 0.355 e. The van der Waals surface area contributed by atoms with Gasteiger partial charge in [0.25, 0.3) is 0 Å². The Morgan fingerprint density at radius 3 is 2.42 bits per heavy atom. The van der Waals surface area contributed by atoms with Crippen LogP contribution in [-0.2, 0) is 14.8 Å². The Morgan fingerprint density at radius 1 is 1.04 bits per heavy atom. The summed E-state index contributed by atoms with van der Waals surface area (Å²) in [6, 6.07) is 6.80. The zero-order valence-corrected chi connectivity index (χ0v) is 18.2. The molecule has 0 saturated heterocycles. The van der Waals surface area contributed by atoms with Gasteiger partial charge in [-0.15, -0.1) is 11.6 Å². The number of carbonyl (C=O) groups is 1. The van der Waals surface area contributed by atoms with E-state index in [0.717, 1.165) is 29.9 Å². The maximum atomic E-state index is 12.1. The summed E-state index contributed by atoms with van der Waals surface area (Å²) in [5, 5.41) is 2.88. The van der Waals surface area contributed by atoms with Crippen LogP contribution in [0.1, 0.15) is 18.4 Å². The van der Waals surface area contributed by atoms with E-state index in [-0.39, 0.29) is 5.91 Å². The molecule has 1 aromatic carbocycles. The van der Waals surface area contributed by atoms with Crippen molar-refractivity contribution in [3.63, 3.8) is 0 Å². The molecule has 0 atom stereocenters. The molecule has 0 saturated carbocycles. The van der Waals surface area contributed by atoms with Crippen LogP contribution in [0.2, 0.25) is 0 Å². The van der Waals surface area contributed by atoms with E-state index in [4.69, 9.17) is 11.6 Å². The van der Waals surface area contributed by atoms with Crippen LogP contribution >= 0.6 is 35.1 Å². The normalized spacial score (nSPS) is 11.5. The minimum atomic E-state index is -3.43. The fourth-order valence-corrected chi connectivity index (χ4v) is 4.96. The van der Waals surface area contributed by atoms with Crippen molar-refractivity contribution < 1.29 is 13.2 Å². The van der Waals surface area contributed by atoms with Crippen molar-refractivity contribution in [2.45, 2.75) is 24.7 Å². The molecule has 5 nitrogen and oxygen atoms in total. The van der Waals surface area contributed by atoms with Gasteiger partial charge in [0.15, 0.2) is 0 Å². The summed E-state index contributed by atoms with van der Waals surface area (Å²) in [7, 11) is -3.43. The highest BCUT2D eigenvalue weighted by Gasteiger charge is 2.12. The van der Waals surface area contributed by atoms with Crippen LogP contribution in [0.15, 0.2) is 29.2 Å². The number of hydrogen-bond donors (Lipinski definition) is 2. The minimum Gasteiger partial charge on any atom is -0.355 e. The Bertz CT molecular complexity index is 625. The van der Waals surface area contributed by atoms with Crippen LogP contribution in [0.4, 0.5) is 0 Å². The molecule has 0 aliphatic rings. The quantitative estimate of drug-likeness (QED) is 0.345. The number of amides is 1. The van der Waals surface area contributed by atoms with Crippen LogP contribution in [0.5, 0.6) is 0 Å². The van der Waals surface area contributed by atoms with Crippen molar-refractivity contribution in [2.24, 2.45) is 0 Å². The maximum Gasteiger partial charge on any atom is 0.240 e. The molecule has 2 N–H and O–H groups in total. The summed E-state index contributed by atoms with van der Waals surface area (Å²) >= 11 is 8.84. The second kappa shape index (κ2) is 13.7. The van der Waals surface area contributed by atoms with Crippen molar-refractivity contribution in [3.8, 4) is 0 Å². The molecule has 0 radical (unpaired) electrons. The average Bonchev–Trinajstić information content (AvgIpc) is 2.61. The third-order valence-electron chi connectivity index (χ3n) is 3.31. The number of thioether (sulfide) groups is 2. The van der Waals surface area contributed by atoms with Gasteiger partial charge >= 0.3 is 0 Å². The van der Waals surface area contributed by atoms with Crippen LogP contribution in [0, 0.1) is 6.92 Å². The fourth-order valence-electron chi connectivity index (χ4n) is 1.93. The molecule has 1 aromatic rings. The maximum absolute atomic E-state index is 12.1. The van der Waals surface area contributed by atoms with Gasteiger partial charge in [-0.2, -0.15) is 23.5 Å². The third-order valence-corrected chi connectivity index (χ3v) is 7.17. The molecule has 1 rings (SSSR count). The van der Waals surface area contributed by atoms with E-state index in [2.05, 4.69) is 10.0 Å². The number of benzene rings is 1. The smallest absolute Gasteiger partial charge is 0.240 e. The SMILES string of the molecule is Cc1ccc(S(=O)(=O)NCCSCCCNC(=O)CSCCCCl)cc1. The predicted octanol–water partition coefficient (Wildman–Crippen LogP) is 2.87. The number of nitrogens with one attached hydrogen (secondary N) is 2. The van der Waals surface area contributed by atoms with E-state index >= 15 is 0 Å². The molecule has 0 heterocycles. The van der Waals surface area contributed by atoms with Gasteiger partial charge in [-0.25, -0.2) is 13.1 Å². The van der Waals surface area contributed by atoms with Gasteiger partial charge in [-0.1, -0.05) is 17.7 Å². The predicted molar refractivity (Wildman–Crippen MR) is 114 cm³/mol. The molecule has 0 aliphatic carbocycles. The molecular weight excluding hydrogens is 412 g/mol. The first-order valence-electron chi connectivity index (χ1n) is 8.50. The van der Waals surface area contributed by atoms with Crippen LogP contribution in [0.25, 0.3) is 0 Å². The number of aryl methyl sites for hydroxylation is 1. The monoisotopic (exact) mass is 438 g/mol. The highest BCUT2D eigenvalue weighted by Crippen LogP contribution is 2.10. The molecule has 1 amide bonds. The summed E-state index contributed by atoms with van der Waals surface area (Å²) in [5.41, 5.74) is 1.03. The van der Waals surface area contributed by atoms with E-state index in [9.17, 15) is 13.2 Å². The molecule has 148 valence electrons. The van der Waals surface area contributed by atoms with Gasteiger partial charge in [-0.05, 0) is 43.4 Å². The molecule has 9 heteroatoms. The number of sulfonamides is 1. The second-order valence-corrected chi connectivity index (χ2v) is 10.1. The molecule has 0 aliphatic heterocycles. The third kappa shape index (κ3) is 10.7. The van der Waals surface area contributed by atoms with Crippen molar-refractivity contribution >= 4 is 51.1 Å². The zero-order valence-electron chi connectivity index (χ0n) is 15.0. The number of hydrogen-bond acceptors (Lipinski definition) is 5. The van der Waals surface area contributed by atoms with Gasteiger partial charge in [0.05, 0.1) is 10.6 Å². The first-order valence-corrected chi connectivity index (χ1v) is 12.8. The molecule has 0 spiro atoms. The van der Waals surface area contributed by atoms with Crippen LogP contribution < -0.4 is 10.0 Å². The van der Waals surface area contributed by atoms with Crippen molar-refractivity contribution in [3.05, 3.63) is 29.8 Å². The number of carbonyl (C=O) groups excluding carboxylic acids is 1. The highest BCUT2D eigenvalue weighted by molar-refractivity contribution is 8.00. The minimum absolute atomic E-state index is 0.0560. The molecule has 0 bridgehead atoms. The summed E-state index contributed by atoms with van der Waals surface area (Å²) < 4.78 is 26.8. The zero-order chi connectivity index (χ0) is 19.3. The first-order chi connectivity index (χ1) is 12.5. The van der Waals surface area contributed by atoms with Crippen LogP contribution in [-0.4, -0.2) is 56.3 Å². The first kappa shape index (κ1) is 23.6. The summed E-state index contributed by atoms with van der Waals surface area (Å²) in [6.45, 7) is 2.96. The van der Waals surface area contributed by atoms with Gasteiger partial charge in [-0.3, -0.25) is 4.79 Å². The van der Waals surface area contributed by atoms with Gasteiger partial charge < -0.3 is 5.32 Å². The summed E-state index contributed by atoms with van der Waals surface area (Å²) in [6.07, 6.45) is 1.79. The summed E-state index contributed by atoms with van der Waals surface area (Å²) in [4.78, 5) is 11.9.